The average molecular weight is 344 g/mol. The summed E-state index contributed by atoms with van der Waals surface area (Å²) in [6, 6.07) is 5.05. The van der Waals surface area contributed by atoms with Crippen molar-refractivity contribution in [2.45, 2.75) is 19.8 Å². The molecule has 17 heavy (non-hydrogen) atoms. The molecule has 0 fully saturated rings. The minimum absolute atomic E-state index is 0.219. The van der Waals surface area contributed by atoms with Crippen LogP contribution in [0, 0.1) is 9.39 Å². The molecule has 0 saturated carbocycles. The van der Waals surface area contributed by atoms with E-state index >= 15 is 0 Å². The molecule has 4 heteroatoms. The molecule has 0 saturated heterocycles. The van der Waals surface area contributed by atoms with Crippen LogP contribution in [0.1, 0.15) is 19.0 Å². The molecule has 0 amide bonds. The lowest BCUT2D eigenvalue weighted by Gasteiger charge is -2.10. The highest BCUT2D eigenvalue weighted by atomic mass is 127. The Kier molecular flexibility index (Phi) is 3.81. The smallest absolute Gasteiger partial charge is 0.125 e. The SMILES string of the molecule is CCCc1cc(NC)c2cc(F)cc(I)c2n1. The van der Waals surface area contributed by atoms with Gasteiger partial charge in [0.25, 0.3) is 0 Å². The summed E-state index contributed by atoms with van der Waals surface area (Å²) < 4.78 is 14.3. The van der Waals surface area contributed by atoms with E-state index < -0.39 is 0 Å². The molecule has 90 valence electrons. The first-order chi connectivity index (χ1) is 8.15. The van der Waals surface area contributed by atoms with Crippen molar-refractivity contribution in [3.05, 3.63) is 33.3 Å². The number of hydrogen-bond donors (Lipinski definition) is 1. The lowest BCUT2D eigenvalue weighted by Crippen LogP contribution is -1.98. The van der Waals surface area contributed by atoms with Gasteiger partial charge in [-0.3, -0.25) is 4.98 Å². The number of rotatable bonds is 3. The third kappa shape index (κ3) is 2.51. The van der Waals surface area contributed by atoms with E-state index in [0.29, 0.717) is 0 Å². The van der Waals surface area contributed by atoms with Crippen LogP contribution in [-0.2, 0) is 6.42 Å². The molecule has 1 aromatic carbocycles. The Morgan fingerprint density at radius 1 is 1.35 bits per heavy atom. The van der Waals surface area contributed by atoms with E-state index in [4.69, 9.17) is 0 Å². The molecule has 0 spiro atoms. The van der Waals surface area contributed by atoms with Crippen LogP contribution in [0.3, 0.4) is 0 Å². The van der Waals surface area contributed by atoms with Gasteiger partial charge >= 0.3 is 0 Å². The van der Waals surface area contributed by atoms with Gasteiger partial charge in [0.15, 0.2) is 0 Å². The van der Waals surface area contributed by atoms with Crippen molar-refractivity contribution >= 4 is 39.2 Å². The van der Waals surface area contributed by atoms with E-state index in [1.807, 2.05) is 13.1 Å². The molecular weight excluding hydrogens is 330 g/mol. The number of aryl methyl sites for hydroxylation is 1. The Balaban J connectivity index is 2.73. The highest BCUT2D eigenvalue weighted by Crippen LogP contribution is 2.28. The zero-order chi connectivity index (χ0) is 12.4. The number of nitrogens with zero attached hydrogens (tertiary/aromatic N) is 1. The molecule has 0 aliphatic rings. The highest BCUT2D eigenvalue weighted by Gasteiger charge is 2.09. The summed E-state index contributed by atoms with van der Waals surface area (Å²) in [6.45, 7) is 2.13. The van der Waals surface area contributed by atoms with Gasteiger partial charge in [-0.05, 0) is 47.2 Å². The second-order valence-electron chi connectivity index (χ2n) is 3.94. The van der Waals surface area contributed by atoms with Crippen molar-refractivity contribution in [1.82, 2.24) is 4.98 Å². The molecule has 0 bridgehead atoms. The summed E-state index contributed by atoms with van der Waals surface area (Å²) >= 11 is 2.13. The fraction of sp³-hybridized carbons (Fsp3) is 0.308. The number of fused-ring (bicyclic) bond motifs is 1. The van der Waals surface area contributed by atoms with E-state index in [1.54, 1.807) is 0 Å². The monoisotopic (exact) mass is 344 g/mol. The second kappa shape index (κ2) is 5.16. The van der Waals surface area contributed by atoms with E-state index in [-0.39, 0.29) is 5.82 Å². The van der Waals surface area contributed by atoms with Gasteiger partial charge in [0, 0.05) is 27.4 Å². The van der Waals surface area contributed by atoms with Gasteiger partial charge < -0.3 is 5.32 Å². The summed E-state index contributed by atoms with van der Waals surface area (Å²) in [7, 11) is 1.85. The summed E-state index contributed by atoms with van der Waals surface area (Å²) in [6.07, 6.45) is 2.00. The predicted molar refractivity (Wildman–Crippen MR) is 78.0 cm³/mol. The first-order valence-corrected chi connectivity index (χ1v) is 6.70. The minimum atomic E-state index is -0.219. The Morgan fingerprint density at radius 3 is 2.76 bits per heavy atom. The zero-order valence-electron chi connectivity index (χ0n) is 9.85. The van der Waals surface area contributed by atoms with E-state index in [2.05, 4.69) is 39.8 Å². The van der Waals surface area contributed by atoms with Crippen molar-refractivity contribution in [3.63, 3.8) is 0 Å². The molecular formula is C13H14FIN2. The maximum atomic E-state index is 13.4. The summed E-state index contributed by atoms with van der Waals surface area (Å²) in [4.78, 5) is 4.60. The largest absolute Gasteiger partial charge is 0.388 e. The number of aromatic nitrogens is 1. The Hall–Kier alpha value is -0.910. The quantitative estimate of drug-likeness (QED) is 0.853. The maximum absolute atomic E-state index is 13.4. The number of anilines is 1. The number of hydrogen-bond acceptors (Lipinski definition) is 2. The van der Waals surface area contributed by atoms with E-state index in [1.165, 1.54) is 12.1 Å². The third-order valence-electron chi connectivity index (χ3n) is 2.66. The number of benzene rings is 1. The molecule has 0 atom stereocenters. The third-order valence-corrected chi connectivity index (χ3v) is 3.48. The predicted octanol–water partition coefficient (Wildman–Crippen LogP) is 3.97. The van der Waals surface area contributed by atoms with Crippen LogP contribution in [0.15, 0.2) is 18.2 Å². The Bertz CT molecular complexity index is 555. The van der Waals surface area contributed by atoms with E-state index in [0.717, 1.165) is 38.7 Å². The fourth-order valence-corrected chi connectivity index (χ4v) is 2.60. The first kappa shape index (κ1) is 12.5. The zero-order valence-corrected chi connectivity index (χ0v) is 12.0. The van der Waals surface area contributed by atoms with Crippen molar-refractivity contribution in [1.29, 1.82) is 0 Å². The lowest BCUT2D eigenvalue weighted by molar-refractivity contribution is 0.628. The molecule has 2 nitrogen and oxygen atoms in total. The average Bonchev–Trinajstić information content (AvgIpc) is 2.29. The standard InChI is InChI=1S/C13H14FIN2/c1-3-4-9-7-12(16-2)10-5-8(14)6-11(15)13(10)17-9/h5-7H,3-4H2,1-2H3,(H,16,17). The van der Waals surface area contributed by atoms with Gasteiger partial charge in [-0.15, -0.1) is 0 Å². The molecule has 0 aliphatic carbocycles. The van der Waals surface area contributed by atoms with Crippen LogP contribution in [0.25, 0.3) is 10.9 Å². The van der Waals surface area contributed by atoms with Crippen LogP contribution in [0.2, 0.25) is 0 Å². The maximum Gasteiger partial charge on any atom is 0.125 e. The summed E-state index contributed by atoms with van der Waals surface area (Å²) in [5.74, 6) is -0.219. The Morgan fingerprint density at radius 2 is 2.12 bits per heavy atom. The molecule has 1 heterocycles. The van der Waals surface area contributed by atoms with Crippen molar-refractivity contribution in [2.75, 3.05) is 12.4 Å². The van der Waals surface area contributed by atoms with E-state index in [9.17, 15) is 4.39 Å². The number of halogens is 2. The molecule has 0 unspecified atom stereocenters. The number of pyridine rings is 1. The topological polar surface area (TPSA) is 24.9 Å². The second-order valence-corrected chi connectivity index (χ2v) is 5.11. The number of nitrogens with one attached hydrogen (secondary N) is 1. The fourth-order valence-electron chi connectivity index (χ4n) is 1.90. The lowest BCUT2D eigenvalue weighted by atomic mass is 10.1. The Labute approximate surface area is 114 Å². The van der Waals surface area contributed by atoms with Gasteiger partial charge in [0.1, 0.15) is 5.82 Å². The van der Waals surface area contributed by atoms with Crippen LogP contribution >= 0.6 is 22.6 Å². The molecule has 2 rings (SSSR count). The van der Waals surface area contributed by atoms with Gasteiger partial charge in [-0.1, -0.05) is 13.3 Å². The summed E-state index contributed by atoms with van der Waals surface area (Å²) in [5.41, 5.74) is 2.87. The summed E-state index contributed by atoms with van der Waals surface area (Å²) in [5, 5.41) is 3.96. The van der Waals surface area contributed by atoms with Crippen molar-refractivity contribution in [3.8, 4) is 0 Å². The van der Waals surface area contributed by atoms with Gasteiger partial charge in [-0.25, -0.2) is 4.39 Å². The van der Waals surface area contributed by atoms with Crippen LogP contribution in [0.5, 0.6) is 0 Å². The molecule has 1 N–H and O–H groups in total. The highest BCUT2D eigenvalue weighted by molar-refractivity contribution is 14.1. The van der Waals surface area contributed by atoms with Crippen molar-refractivity contribution < 1.29 is 4.39 Å². The molecule has 2 aromatic rings. The van der Waals surface area contributed by atoms with Crippen molar-refractivity contribution in [2.24, 2.45) is 0 Å². The molecule has 0 aliphatic heterocycles. The minimum Gasteiger partial charge on any atom is -0.388 e. The molecule has 1 aromatic heterocycles. The first-order valence-electron chi connectivity index (χ1n) is 5.62. The van der Waals surface area contributed by atoms with Gasteiger partial charge in [0.05, 0.1) is 5.52 Å². The van der Waals surface area contributed by atoms with Crippen LogP contribution < -0.4 is 5.32 Å². The molecule has 0 radical (unpaired) electrons. The van der Waals surface area contributed by atoms with Crippen LogP contribution in [0.4, 0.5) is 10.1 Å². The van der Waals surface area contributed by atoms with Gasteiger partial charge in [0.2, 0.25) is 0 Å². The normalized spacial score (nSPS) is 10.8. The van der Waals surface area contributed by atoms with Gasteiger partial charge in [-0.2, -0.15) is 0 Å². The van der Waals surface area contributed by atoms with Crippen LogP contribution in [-0.4, -0.2) is 12.0 Å².